The number of hydrogen-bond acceptors (Lipinski definition) is 4. The number of pyridine rings is 1. The smallest absolute Gasteiger partial charge is 0.180 e. The van der Waals surface area contributed by atoms with Crippen molar-refractivity contribution in [2.24, 2.45) is 0 Å². The van der Waals surface area contributed by atoms with Gasteiger partial charge in [-0.1, -0.05) is 20.8 Å². The minimum atomic E-state index is 0.344. The molecular formula is C15H18BrIN4. The lowest BCUT2D eigenvalue weighted by Crippen LogP contribution is -2.10. The third-order valence-corrected chi connectivity index (χ3v) is 4.46. The zero-order chi connectivity index (χ0) is 15.4. The fourth-order valence-electron chi connectivity index (χ4n) is 1.83. The Kier molecular flexibility index (Phi) is 5.92. The van der Waals surface area contributed by atoms with E-state index in [2.05, 4.69) is 74.6 Å². The maximum absolute atomic E-state index is 4.70. The molecule has 0 radical (unpaired) electrons. The topological polar surface area (TPSA) is 50.7 Å². The highest BCUT2D eigenvalue weighted by atomic mass is 127. The maximum atomic E-state index is 4.70. The van der Waals surface area contributed by atoms with Crippen LogP contribution in [0.5, 0.6) is 0 Å². The minimum absolute atomic E-state index is 0.344. The number of aromatic nitrogens is 3. The molecule has 1 N–H and O–H groups in total. The summed E-state index contributed by atoms with van der Waals surface area (Å²) in [7, 11) is 0. The summed E-state index contributed by atoms with van der Waals surface area (Å²) in [5.41, 5.74) is 1.85. The van der Waals surface area contributed by atoms with Gasteiger partial charge in [0.25, 0.3) is 0 Å². The number of nitrogens with one attached hydrogen (secondary N) is 1. The SMILES string of the molecule is CCCNc1nc(-c2ccc(Br)cn2)nc(C(C)C)c1I. The molecule has 0 fully saturated rings. The van der Waals surface area contributed by atoms with Gasteiger partial charge in [0.1, 0.15) is 11.5 Å². The van der Waals surface area contributed by atoms with Crippen LogP contribution in [0.1, 0.15) is 38.8 Å². The van der Waals surface area contributed by atoms with E-state index in [4.69, 9.17) is 4.98 Å². The summed E-state index contributed by atoms with van der Waals surface area (Å²) in [6.45, 7) is 7.33. The normalized spacial score (nSPS) is 11.0. The monoisotopic (exact) mass is 460 g/mol. The van der Waals surface area contributed by atoms with Crippen molar-refractivity contribution in [3.63, 3.8) is 0 Å². The predicted molar refractivity (Wildman–Crippen MR) is 98.5 cm³/mol. The molecule has 2 heterocycles. The molecule has 0 amide bonds. The highest BCUT2D eigenvalue weighted by molar-refractivity contribution is 14.1. The highest BCUT2D eigenvalue weighted by Gasteiger charge is 2.16. The maximum Gasteiger partial charge on any atom is 0.180 e. The first-order valence-corrected chi connectivity index (χ1v) is 8.83. The second kappa shape index (κ2) is 7.49. The molecule has 2 rings (SSSR count). The van der Waals surface area contributed by atoms with E-state index in [1.54, 1.807) is 6.20 Å². The average Bonchev–Trinajstić information content (AvgIpc) is 2.47. The van der Waals surface area contributed by atoms with Crippen molar-refractivity contribution >= 4 is 44.3 Å². The number of hydrogen-bond donors (Lipinski definition) is 1. The van der Waals surface area contributed by atoms with Gasteiger partial charge < -0.3 is 5.32 Å². The van der Waals surface area contributed by atoms with E-state index in [0.717, 1.165) is 38.2 Å². The summed E-state index contributed by atoms with van der Waals surface area (Å²) in [6.07, 6.45) is 2.83. The molecule has 0 saturated heterocycles. The quantitative estimate of drug-likeness (QED) is 0.648. The van der Waals surface area contributed by atoms with Gasteiger partial charge in [0, 0.05) is 17.2 Å². The molecule has 0 aliphatic carbocycles. The van der Waals surface area contributed by atoms with Crippen molar-refractivity contribution in [3.05, 3.63) is 32.1 Å². The Morgan fingerprint density at radius 2 is 2.05 bits per heavy atom. The van der Waals surface area contributed by atoms with E-state index in [1.807, 2.05) is 12.1 Å². The van der Waals surface area contributed by atoms with Crippen molar-refractivity contribution in [3.8, 4) is 11.5 Å². The third-order valence-electron chi connectivity index (χ3n) is 2.92. The van der Waals surface area contributed by atoms with E-state index in [1.165, 1.54) is 0 Å². The van der Waals surface area contributed by atoms with Gasteiger partial charge in [-0.3, -0.25) is 4.98 Å². The molecule has 6 heteroatoms. The van der Waals surface area contributed by atoms with Crippen LogP contribution in [0.3, 0.4) is 0 Å². The summed E-state index contributed by atoms with van der Waals surface area (Å²) < 4.78 is 2.04. The van der Waals surface area contributed by atoms with Crippen molar-refractivity contribution in [1.82, 2.24) is 15.0 Å². The van der Waals surface area contributed by atoms with Crippen molar-refractivity contribution in [2.45, 2.75) is 33.1 Å². The second-order valence-corrected chi connectivity index (χ2v) is 7.03. The zero-order valence-electron chi connectivity index (χ0n) is 12.3. The Morgan fingerprint density at radius 1 is 1.29 bits per heavy atom. The first kappa shape index (κ1) is 16.6. The molecule has 0 aliphatic rings. The van der Waals surface area contributed by atoms with Gasteiger partial charge in [-0.2, -0.15) is 0 Å². The van der Waals surface area contributed by atoms with E-state index < -0.39 is 0 Å². The van der Waals surface area contributed by atoms with E-state index in [9.17, 15) is 0 Å². The van der Waals surface area contributed by atoms with E-state index in [0.29, 0.717) is 11.7 Å². The first-order valence-electron chi connectivity index (χ1n) is 6.96. The van der Waals surface area contributed by atoms with Crippen LogP contribution in [0.2, 0.25) is 0 Å². The van der Waals surface area contributed by atoms with Crippen LogP contribution in [-0.2, 0) is 0 Å². The molecule has 2 aromatic rings. The van der Waals surface area contributed by atoms with Gasteiger partial charge in [-0.15, -0.1) is 0 Å². The largest absolute Gasteiger partial charge is 0.369 e. The molecule has 0 aliphatic heterocycles. The average molecular weight is 461 g/mol. The summed E-state index contributed by atoms with van der Waals surface area (Å²) in [4.78, 5) is 13.7. The molecule has 0 spiro atoms. The van der Waals surface area contributed by atoms with Gasteiger partial charge in [0.2, 0.25) is 0 Å². The number of halogens is 2. The zero-order valence-corrected chi connectivity index (χ0v) is 16.1. The van der Waals surface area contributed by atoms with Gasteiger partial charge in [-0.05, 0) is 63.0 Å². The van der Waals surface area contributed by atoms with Crippen LogP contribution < -0.4 is 5.32 Å². The number of nitrogens with zero attached hydrogens (tertiary/aromatic N) is 3. The second-order valence-electron chi connectivity index (χ2n) is 5.04. The first-order chi connectivity index (χ1) is 10.0. The van der Waals surface area contributed by atoms with Crippen LogP contribution in [0.4, 0.5) is 5.82 Å². The van der Waals surface area contributed by atoms with Crippen LogP contribution >= 0.6 is 38.5 Å². The standard InChI is InChI=1S/C15H18BrIN4/c1-4-7-18-15-12(17)13(9(2)3)20-14(21-15)11-6-5-10(16)8-19-11/h5-6,8-9H,4,7H2,1-3H3,(H,18,20,21). The van der Waals surface area contributed by atoms with Crippen LogP contribution in [0.15, 0.2) is 22.8 Å². The molecule has 2 aromatic heterocycles. The molecule has 0 atom stereocenters. The molecule has 0 bridgehead atoms. The summed E-state index contributed by atoms with van der Waals surface area (Å²) in [6, 6.07) is 3.89. The van der Waals surface area contributed by atoms with Gasteiger partial charge >= 0.3 is 0 Å². The van der Waals surface area contributed by atoms with E-state index in [-0.39, 0.29) is 0 Å². The predicted octanol–water partition coefficient (Wildman–Crippen LogP) is 4.85. The molecule has 0 unspecified atom stereocenters. The fraction of sp³-hybridized carbons (Fsp3) is 0.400. The summed E-state index contributed by atoms with van der Waals surface area (Å²) in [5, 5.41) is 3.38. The minimum Gasteiger partial charge on any atom is -0.369 e. The van der Waals surface area contributed by atoms with Crippen molar-refractivity contribution < 1.29 is 0 Å². The Morgan fingerprint density at radius 3 is 2.62 bits per heavy atom. The molecular weight excluding hydrogens is 443 g/mol. The lowest BCUT2D eigenvalue weighted by Gasteiger charge is -2.14. The molecule has 0 saturated carbocycles. The van der Waals surface area contributed by atoms with Crippen LogP contribution in [0, 0.1) is 3.57 Å². The van der Waals surface area contributed by atoms with Crippen LogP contribution in [-0.4, -0.2) is 21.5 Å². The fourth-order valence-corrected chi connectivity index (χ4v) is 3.12. The highest BCUT2D eigenvalue weighted by Crippen LogP contribution is 2.28. The van der Waals surface area contributed by atoms with Gasteiger partial charge in [0.05, 0.1) is 9.26 Å². The van der Waals surface area contributed by atoms with E-state index >= 15 is 0 Å². The molecule has 0 aromatic carbocycles. The third kappa shape index (κ3) is 4.12. The summed E-state index contributed by atoms with van der Waals surface area (Å²) in [5.74, 6) is 1.91. The van der Waals surface area contributed by atoms with Gasteiger partial charge in [-0.25, -0.2) is 9.97 Å². The molecule has 112 valence electrons. The van der Waals surface area contributed by atoms with Crippen molar-refractivity contribution in [2.75, 3.05) is 11.9 Å². The Labute approximate surface area is 147 Å². The Balaban J connectivity index is 2.50. The lowest BCUT2D eigenvalue weighted by atomic mass is 10.1. The van der Waals surface area contributed by atoms with Crippen molar-refractivity contribution in [1.29, 1.82) is 0 Å². The number of anilines is 1. The number of rotatable bonds is 5. The molecule has 21 heavy (non-hydrogen) atoms. The lowest BCUT2D eigenvalue weighted by molar-refractivity contribution is 0.806. The molecule has 4 nitrogen and oxygen atoms in total. The summed E-state index contributed by atoms with van der Waals surface area (Å²) >= 11 is 5.72. The van der Waals surface area contributed by atoms with Gasteiger partial charge in [0.15, 0.2) is 5.82 Å². The van der Waals surface area contributed by atoms with Crippen LogP contribution in [0.25, 0.3) is 11.5 Å². The Bertz CT molecular complexity index is 614. The Hall–Kier alpha value is -0.760.